The lowest BCUT2D eigenvalue weighted by atomic mass is 9.95. The Kier molecular flexibility index (Phi) is 9.59. The lowest BCUT2D eigenvalue weighted by Crippen LogP contribution is -2.40. The lowest BCUT2D eigenvalue weighted by molar-refractivity contribution is -0.140. The number of sulfonamides is 1. The van der Waals surface area contributed by atoms with Gasteiger partial charge in [0.25, 0.3) is 11.7 Å². The zero-order valence-electron chi connectivity index (χ0n) is 23.7. The van der Waals surface area contributed by atoms with E-state index in [1.807, 2.05) is 6.92 Å². The van der Waals surface area contributed by atoms with Crippen molar-refractivity contribution in [1.29, 1.82) is 0 Å². The number of ketones is 1. The molecular formula is C30H37N3O8S. The van der Waals surface area contributed by atoms with E-state index in [0.717, 1.165) is 19.6 Å². The number of morpholine rings is 2. The van der Waals surface area contributed by atoms with E-state index < -0.39 is 33.5 Å². The standard InChI is InChI=1S/C30H37N3O8S/c1-2-41-24-9-7-22(8-10-24)27-26(29(35)30(36)33(27)12-4-11-31-13-17-39-18-14-31)28(34)23-5-3-6-25(21-23)42(37,38)32-15-19-40-20-16-32/h3,5-10,21,27,34H,2,4,11-20H2,1H3/b28-26+. The molecule has 3 fully saturated rings. The van der Waals surface area contributed by atoms with Gasteiger partial charge in [0.2, 0.25) is 10.0 Å². The molecule has 12 heteroatoms. The first-order chi connectivity index (χ1) is 20.3. The lowest BCUT2D eigenvalue weighted by Gasteiger charge is -2.29. The summed E-state index contributed by atoms with van der Waals surface area (Å²) in [4.78, 5) is 30.6. The molecule has 1 N–H and O–H groups in total. The molecule has 3 aliphatic heterocycles. The van der Waals surface area contributed by atoms with Crippen LogP contribution in [0.4, 0.5) is 0 Å². The van der Waals surface area contributed by atoms with Crippen molar-refractivity contribution in [3.63, 3.8) is 0 Å². The highest BCUT2D eigenvalue weighted by Crippen LogP contribution is 2.40. The van der Waals surface area contributed by atoms with E-state index in [2.05, 4.69) is 4.90 Å². The molecule has 5 rings (SSSR count). The van der Waals surface area contributed by atoms with Crippen LogP contribution in [0.2, 0.25) is 0 Å². The number of amides is 1. The van der Waals surface area contributed by atoms with E-state index in [0.29, 0.717) is 57.3 Å². The van der Waals surface area contributed by atoms with Crippen LogP contribution in [0, 0.1) is 0 Å². The fourth-order valence-corrected chi connectivity index (χ4v) is 7.01. The van der Waals surface area contributed by atoms with Crippen LogP contribution in [0.3, 0.4) is 0 Å². The minimum atomic E-state index is -3.85. The molecule has 0 aliphatic carbocycles. The number of hydrogen-bond acceptors (Lipinski definition) is 9. The van der Waals surface area contributed by atoms with Crippen molar-refractivity contribution in [3.05, 3.63) is 65.2 Å². The van der Waals surface area contributed by atoms with Crippen molar-refractivity contribution in [2.75, 3.05) is 72.3 Å². The van der Waals surface area contributed by atoms with Gasteiger partial charge in [-0.1, -0.05) is 24.3 Å². The van der Waals surface area contributed by atoms with Gasteiger partial charge in [-0.2, -0.15) is 4.31 Å². The van der Waals surface area contributed by atoms with Crippen LogP contribution >= 0.6 is 0 Å². The van der Waals surface area contributed by atoms with Gasteiger partial charge >= 0.3 is 0 Å². The van der Waals surface area contributed by atoms with Crippen molar-refractivity contribution in [3.8, 4) is 5.75 Å². The molecule has 226 valence electrons. The van der Waals surface area contributed by atoms with E-state index in [-0.39, 0.29) is 29.1 Å². The molecule has 1 unspecified atom stereocenters. The predicted octanol–water partition coefficient (Wildman–Crippen LogP) is 2.25. The minimum Gasteiger partial charge on any atom is -0.507 e. The highest BCUT2D eigenvalue weighted by Gasteiger charge is 2.46. The summed E-state index contributed by atoms with van der Waals surface area (Å²) in [6.07, 6.45) is 0.633. The Balaban J connectivity index is 1.49. The number of aliphatic hydroxyl groups is 1. The third-order valence-electron chi connectivity index (χ3n) is 7.74. The molecule has 0 spiro atoms. The Bertz CT molecular complexity index is 1410. The van der Waals surface area contributed by atoms with Crippen molar-refractivity contribution in [1.82, 2.24) is 14.1 Å². The first kappa shape index (κ1) is 30.2. The summed E-state index contributed by atoms with van der Waals surface area (Å²) in [5.74, 6) is -1.28. The quantitative estimate of drug-likeness (QED) is 0.249. The number of carbonyl (C=O) groups excluding carboxylic acids is 2. The average Bonchev–Trinajstić information content (AvgIpc) is 3.27. The molecule has 0 radical (unpaired) electrons. The molecule has 11 nitrogen and oxygen atoms in total. The molecule has 42 heavy (non-hydrogen) atoms. The predicted molar refractivity (Wildman–Crippen MR) is 155 cm³/mol. The number of nitrogens with zero attached hydrogens (tertiary/aromatic N) is 3. The summed E-state index contributed by atoms with van der Waals surface area (Å²) in [5.41, 5.74) is 0.714. The fourth-order valence-electron chi connectivity index (χ4n) is 5.56. The Morgan fingerprint density at radius 3 is 2.29 bits per heavy atom. The molecule has 0 aromatic heterocycles. The maximum Gasteiger partial charge on any atom is 0.295 e. The normalized spacial score (nSPS) is 22.0. The first-order valence-corrected chi connectivity index (χ1v) is 15.7. The number of rotatable bonds is 10. The summed E-state index contributed by atoms with van der Waals surface area (Å²) in [6.45, 7) is 7.42. The Morgan fingerprint density at radius 1 is 0.952 bits per heavy atom. The first-order valence-electron chi connectivity index (χ1n) is 14.3. The maximum atomic E-state index is 13.5. The highest BCUT2D eigenvalue weighted by atomic mass is 32.2. The molecular weight excluding hydrogens is 562 g/mol. The van der Waals surface area contributed by atoms with Crippen LogP contribution in [-0.4, -0.2) is 112 Å². The summed E-state index contributed by atoms with van der Waals surface area (Å²) >= 11 is 0. The maximum absolute atomic E-state index is 13.5. The topological polar surface area (TPSA) is 126 Å². The molecule has 1 atom stereocenters. The number of aliphatic hydroxyl groups excluding tert-OH is 1. The van der Waals surface area contributed by atoms with Crippen molar-refractivity contribution in [2.24, 2.45) is 0 Å². The number of ether oxygens (including phenoxy) is 3. The van der Waals surface area contributed by atoms with Crippen molar-refractivity contribution >= 4 is 27.5 Å². The van der Waals surface area contributed by atoms with E-state index >= 15 is 0 Å². The van der Waals surface area contributed by atoms with Crippen LogP contribution in [0.15, 0.2) is 59.0 Å². The van der Waals surface area contributed by atoms with Crippen LogP contribution < -0.4 is 4.74 Å². The van der Waals surface area contributed by atoms with E-state index in [1.165, 1.54) is 33.5 Å². The van der Waals surface area contributed by atoms with E-state index in [4.69, 9.17) is 14.2 Å². The second kappa shape index (κ2) is 13.3. The fraction of sp³-hybridized carbons (Fsp3) is 0.467. The SMILES string of the molecule is CCOc1ccc(C2/C(=C(\O)c3cccc(S(=O)(=O)N4CCOCC4)c3)C(=O)C(=O)N2CCCN2CCOCC2)cc1. The summed E-state index contributed by atoms with van der Waals surface area (Å²) < 4.78 is 44.2. The average molecular weight is 600 g/mol. The van der Waals surface area contributed by atoms with Crippen LogP contribution in [0.25, 0.3) is 5.76 Å². The number of hydrogen-bond donors (Lipinski definition) is 1. The summed E-state index contributed by atoms with van der Waals surface area (Å²) in [7, 11) is -3.85. The second-order valence-electron chi connectivity index (χ2n) is 10.3. The van der Waals surface area contributed by atoms with Crippen LogP contribution in [0.1, 0.15) is 30.5 Å². The molecule has 1 amide bonds. The molecule has 0 saturated carbocycles. The van der Waals surface area contributed by atoms with Gasteiger partial charge in [0.15, 0.2) is 0 Å². The molecule has 0 bridgehead atoms. The van der Waals surface area contributed by atoms with Gasteiger partial charge in [-0.05, 0) is 43.2 Å². The second-order valence-corrected chi connectivity index (χ2v) is 12.3. The van der Waals surface area contributed by atoms with E-state index in [9.17, 15) is 23.1 Å². The Hall–Kier alpha value is -3.29. The third-order valence-corrected chi connectivity index (χ3v) is 9.63. The van der Waals surface area contributed by atoms with Gasteiger partial charge in [0.1, 0.15) is 11.5 Å². The minimum absolute atomic E-state index is 0.00851. The molecule has 3 saturated heterocycles. The monoisotopic (exact) mass is 599 g/mol. The number of benzene rings is 2. The largest absolute Gasteiger partial charge is 0.507 e. The van der Waals surface area contributed by atoms with Gasteiger partial charge < -0.3 is 24.2 Å². The van der Waals surface area contributed by atoms with Gasteiger partial charge in [-0.15, -0.1) is 0 Å². The molecule has 2 aromatic rings. The number of likely N-dealkylation sites (tertiary alicyclic amines) is 1. The summed E-state index contributed by atoms with van der Waals surface area (Å²) in [6, 6.07) is 12.1. The van der Waals surface area contributed by atoms with Crippen molar-refractivity contribution < 1.29 is 37.3 Å². The van der Waals surface area contributed by atoms with Crippen LogP contribution in [-0.2, 0) is 29.1 Å². The van der Waals surface area contributed by atoms with Gasteiger partial charge in [0.05, 0.1) is 49.5 Å². The molecule has 3 aliphatic rings. The van der Waals surface area contributed by atoms with Gasteiger partial charge in [-0.3, -0.25) is 14.5 Å². The van der Waals surface area contributed by atoms with Gasteiger partial charge in [0, 0.05) is 44.8 Å². The Labute approximate surface area is 246 Å². The van der Waals surface area contributed by atoms with Gasteiger partial charge in [-0.25, -0.2) is 8.42 Å². The summed E-state index contributed by atoms with van der Waals surface area (Å²) in [5, 5.41) is 11.5. The van der Waals surface area contributed by atoms with Crippen molar-refractivity contribution in [2.45, 2.75) is 24.3 Å². The molecule has 2 aromatic carbocycles. The number of carbonyl (C=O) groups is 2. The third kappa shape index (κ3) is 6.37. The van der Waals surface area contributed by atoms with E-state index in [1.54, 1.807) is 24.3 Å². The zero-order valence-corrected chi connectivity index (χ0v) is 24.6. The number of Topliss-reactive ketones (excluding diaryl/α,β-unsaturated/α-hetero) is 1. The molecule has 3 heterocycles. The Morgan fingerprint density at radius 2 is 1.62 bits per heavy atom. The van der Waals surface area contributed by atoms with Crippen LogP contribution in [0.5, 0.6) is 5.75 Å². The highest BCUT2D eigenvalue weighted by molar-refractivity contribution is 7.89. The zero-order chi connectivity index (χ0) is 29.7. The smallest absolute Gasteiger partial charge is 0.295 e.